The van der Waals surface area contributed by atoms with Crippen molar-refractivity contribution in [1.82, 2.24) is 9.29 Å². The molecule has 23 heavy (non-hydrogen) atoms. The molecule has 0 radical (unpaired) electrons. The lowest BCUT2D eigenvalue weighted by Crippen LogP contribution is -2.48. The van der Waals surface area contributed by atoms with E-state index in [1.807, 2.05) is 38.3 Å². The number of thiazole rings is 1. The van der Waals surface area contributed by atoms with Gasteiger partial charge in [-0.3, -0.25) is 0 Å². The van der Waals surface area contributed by atoms with Crippen LogP contribution in [0.3, 0.4) is 0 Å². The monoisotopic (exact) mass is 351 g/mol. The average molecular weight is 351 g/mol. The van der Waals surface area contributed by atoms with Gasteiger partial charge in [0.2, 0.25) is 10.0 Å². The Bertz CT molecular complexity index is 770. The molecule has 1 fully saturated rings. The Morgan fingerprint density at radius 3 is 2.17 bits per heavy atom. The van der Waals surface area contributed by atoms with Gasteiger partial charge < -0.3 is 4.90 Å². The predicted molar refractivity (Wildman–Crippen MR) is 93.7 cm³/mol. The van der Waals surface area contributed by atoms with Crippen LogP contribution >= 0.6 is 11.3 Å². The number of anilines is 1. The summed E-state index contributed by atoms with van der Waals surface area (Å²) in [6.45, 7) is 8.08. The molecule has 2 aromatic rings. The number of rotatable bonds is 3. The molecule has 1 aliphatic heterocycles. The molecule has 1 aliphatic rings. The van der Waals surface area contributed by atoms with Gasteiger partial charge in [0.15, 0.2) is 5.13 Å². The molecule has 5 nitrogen and oxygen atoms in total. The highest BCUT2D eigenvalue weighted by Crippen LogP contribution is 2.27. The zero-order chi connectivity index (χ0) is 16.6. The first-order valence-electron chi connectivity index (χ1n) is 7.62. The second-order valence-corrected chi connectivity index (χ2v) is 8.68. The molecule has 3 rings (SSSR count). The topological polar surface area (TPSA) is 53.5 Å². The first-order chi connectivity index (χ1) is 10.9. The van der Waals surface area contributed by atoms with E-state index in [1.165, 1.54) is 0 Å². The molecular weight excluding hydrogens is 330 g/mol. The minimum atomic E-state index is -3.44. The first kappa shape index (κ1) is 16.4. The lowest BCUT2D eigenvalue weighted by molar-refractivity contribution is 0.384. The minimum absolute atomic E-state index is 0.464. The summed E-state index contributed by atoms with van der Waals surface area (Å²) in [5.74, 6) is 0. The van der Waals surface area contributed by atoms with Gasteiger partial charge in [0.1, 0.15) is 0 Å². The molecule has 1 saturated heterocycles. The summed E-state index contributed by atoms with van der Waals surface area (Å²) >= 11 is 1.59. The van der Waals surface area contributed by atoms with Crippen LogP contribution in [0.4, 0.5) is 5.13 Å². The molecule has 0 saturated carbocycles. The summed E-state index contributed by atoms with van der Waals surface area (Å²) < 4.78 is 27.7. The number of benzene rings is 1. The molecule has 0 amide bonds. The summed E-state index contributed by atoms with van der Waals surface area (Å²) in [6.07, 6.45) is 1.78. The summed E-state index contributed by atoms with van der Waals surface area (Å²) in [5.41, 5.74) is 2.74. The highest BCUT2D eigenvalue weighted by molar-refractivity contribution is 7.89. The van der Waals surface area contributed by atoms with Gasteiger partial charge in [-0.2, -0.15) is 4.31 Å². The van der Waals surface area contributed by atoms with Crippen molar-refractivity contribution in [2.24, 2.45) is 0 Å². The Hall–Kier alpha value is -1.44. The zero-order valence-corrected chi connectivity index (χ0v) is 15.2. The van der Waals surface area contributed by atoms with E-state index in [-0.39, 0.29) is 0 Å². The Morgan fingerprint density at radius 1 is 1.04 bits per heavy atom. The van der Waals surface area contributed by atoms with E-state index >= 15 is 0 Å². The van der Waals surface area contributed by atoms with Gasteiger partial charge >= 0.3 is 0 Å². The minimum Gasteiger partial charge on any atom is -0.345 e. The average Bonchev–Trinajstić information content (AvgIpc) is 3.00. The molecule has 7 heteroatoms. The van der Waals surface area contributed by atoms with Crippen LogP contribution in [0.15, 0.2) is 28.6 Å². The maximum atomic E-state index is 13.0. The third kappa shape index (κ3) is 3.13. The fourth-order valence-electron chi connectivity index (χ4n) is 3.19. The smallest absolute Gasteiger partial charge is 0.243 e. The molecular formula is C16H21N3O2S2. The summed E-state index contributed by atoms with van der Waals surface area (Å²) in [7, 11) is -3.44. The number of aryl methyl sites for hydroxylation is 3. The molecule has 124 valence electrons. The Kier molecular flexibility index (Phi) is 4.44. The van der Waals surface area contributed by atoms with Crippen LogP contribution in [0, 0.1) is 20.8 Å². The Balaban J connectivity index is 1.82. The van der Waals surface area contributed by atoms with Gasteiger partial charge in [-0.1, -0.05) is 17.7 Å². The van der Waals surface area contributed by atoms with Crippen molar-refractivity contribution in [3.8, 4) is 0 Å². The van der Waals surface area contributed by atoms with Crippen molar-refractivity contribution in [1.29, 1.82) is 0 Å². The Morgan fingerprint density at radius 2 is 1.65 bits per heavy atom. The SMILES string of the molecule is Cc1cc(C)c(S(=O)(=O)N2CCN(c3nccs3)CC2)c(C)c1. The fraction of sp³-hybridized carbons (Fsp3) is 0.438. The van der Waals surface area contributed by atoms with E-state index in [0.717, 1.165) is 21.8 Å². The standard InChI is InChI=1S/C16H21N3O2S2/c1-12-10-13(2)15(14(3)11-12)23(20,21)19-7-5-18(6-8-19)16-17-4-9-22-16/h4,9-11H,5-8H2,1-3H3. The highest BCUT2D eigenvalue weighted by atomic mass is 32.2. The second-order valence-electron chi connectivity index (χ2n) is 5.93. The van der Waals surface area contributed by atoms with E-state index in [9.17, 15) is 8.42 Å². The number of hydrogen-bond acceptors (Lipinski definition) is 5. The number of nitrogens with zero attached hydrogens (tertiary/aromatic N) is 3. The quantitative estimate of drug-likeness (QED) is 0.853. The maximum Gasteiger partial charge on any atom is 0.243 e. The molecule has 2 heterocycles. The molecule has 0 unspecified atom stereocenters. The highest BCUT2D eigenvalue weighted by Gasteiger charge is 2.31. The lowest BCUT2D eigenvalue weighted by atomic mass is 10.1. The van der Waals surface area contributed by atoms with E-state index < -0.39 is 10.0 Å². The molecule has 0 N–H and O–H groups in total. The summed E-state index contributed by atoms with van der Waals surface area (Å²) in [6, 6.07) is 3.87. The molecule has 1 aromatic carbocycles. The van der Waals surface area contributed by atoms with Gasteiger partial charge in [-0.05, 0) is 31.9 Å². The lowest BCUT2D eigenvalue weighted by Gasteiger charge is -2.34. The third-order valence-electron chi connectivity index (χ3n) is 4.13. The van der Waals surface area contributed by atoms with E-state index in [2.05, 4.69) is 9.88 Å². The van der Waals surface area contributed by atoms with Crippen molar-refractivity contribution in [3.05, 3.63) is 40.4 Å². The predicted octanol–water partition coefficient (Wildman–Crippen LogP) is 2.58. The maximum absolute atomic E-state index is 13.0. The normalized spacial score (nSPS) is 16.7. The van der Waals surface area contributed by atoms with Gasteiger partial charge in [0.05, 0.1) is 4.90 Å². The van der Waals surface area contributed by atoms with E-state index in [4.69, 9.17) is 0 Å². The van der Waals surface area contributed by atoms with Crippen LogP contribution in [0.5, 0.6) is 0 Å². The van der Waals surface area contributed by atoms with E-state index in [1.54, 1.807) is 21.8 Å². The van der Waals surface area contributed by atoms with Gasteiger partial charge in [-0.25, -0.2) is 13.4 Å². The zero-order valence-electron chi connectivity index (χ0n) is 13.6. The summed E-state index contributed by atoms with van der Waals surface area (Å²) in [5, 5.41) is 2.90. The molecule has 0 bridgehead atoms. The van der Waals surface area contributed by atoms with Gasteiger partial charge in [-0.15, -0.1) is 11.3 Å². The van der Waals surface area contributed by atoms with Gasteiger partial charge in [0.25, 0.3) is 0 Å². The van der Waals surface area contributed by atoms with Crippen LogP contribution in [0.1, 0.15) is 16.7 Å². The van der Waals surface area contributed by atoms with Gasteiger partial charge in [0, 0.05) is 37.8 Å². The van der Waals surface area contributed by atoms with Crippen LogP contribution in [0.2, 0.25) is 0 Å². The first-order valence-corrected chi connectivity index (χ1v) is 9.94. The van der Waals surface area contributed by atoms with Crippen LogP contribution in [-0.2, 0) is 10.0 Å². The van der Waals surface area contributed by atoms with Crippen molar-refractivity contribution in [2.75, 3.05) is 31.1 Å². The summed E-state index contributed by atoms with van der Waals surface area (Å²) in [4.78, 5) is 6.91. The number of sulfonamides is 1. The number of piperazine rings is 1. The van der Waals surface area contributed by atoms with Crippen molar-refractivity contribution < 1.29 is 8.42 Å². The number of hydrogen-bond donors (Lipinski definition) is 0. The largest absolute Gasteiger partial charge is 0.345 e. The number of aromatic nitrogens is 1. The fourth-order valence-corrected chi connectivity index (χ4v) is 5.73. The molecule has 0 atom stereocenters. The van der Waals surface area contributed by atoms with Crippen LogP contribution in [0.25, 0.3) is 0 Å². The van der Waals surface area contributed by atoms with Crippen molar-refractivity contribution >= 4 is 26.5 Å². The molecule has 0 spiro atoms. The molecule has 0 aliphatic carbocycles. The Labute approximate surface area is 141 Å². The van der Waals surface area contributed by atoms with Crippen molar-refractivity contribution in [2.45, 2.75) is 25.7 Å². The van der Waals surface area contributed by atoms with Crippen molar-refractivity contribution in [3.63, 3.8) is 0 Å². The second kappa shape index (κ2) is 6.22. The molecule has 1 aromatic heterocycles. The van der Waals surface area contributed by atoms with Crippen LogP contribution < -0.4 is 4.90 Å². The van der Waals surface area contributed by atoms with E-state index in [0.29, 0.717) is 31.1 Å². The third-order valence-corrected chi connectivity index (χ3v) is 7.17. The van der Waals surface area contributed by atoms with Crippen LogP contribution in [-0.4, -0.2) is 43.9 Å².